The van der Waals surface area contributed by atoms with Gasteiger partial charge in [-0.2, -0.15) is 5.10 Å². The lowest BCUT2D eigenvalue weighted by Crippen LogP contribution is -2.37. The van der Waals surface area contributed by atoms with Crippen LogP contribution in [0, 0.1) is 13.8 Å². The molecule has 7 heteroatoms. The van der Waals surface area contributed by atoms with Crippen LogP contribution in [0.3, 0.4) is 0 Å². The molecule has 2 aromatic rings. The number of benzene rings is 1. The summed E-state index contributed by atoms with van der Waals surface area (Å²) in [4.78, 5) is 4.26. The van der Waals surface area contributed by atoms with E-state index in [4.69, 9.17) is 9.84 Å². The summed E-state index contributed by atoms with van der Waals surface area (Å²) in [6.45, 7) is 7.25. The molecular weight excluding hydrogens is 441 g/mol. The fourth-order valence-corrected chi connectivity index (χ4v) is 2.72. The Balaban J connectivity index is 0.00000338. The Bertz CT molecular complexity index is 685. The molecule has 2 rings (SSSR count). The first-order valence-corrected chi connectivity index (χ1v) is 8.66. The first-order chi connectivity index (χ1) is 12.2. The molecule has 144 valence electrons. The summed E-state index contributed by atoms with van der Waals surface area (Å²) >= 11 is 0. The third kappa shape index (κ3) is 6.60. The number of nitrogens with zero attached hydrogens (tertiary/aromatic N) is 3. The van der Waals surface area contributed by atoms with E-state index in [-0.39, 0.29) is 24.0 Å². The number of aryl methyl sites for hydroxylation is 1. The zero-order valence-corrected chi connectivity index (χ0v) is 18.4. The second kappa shape index (κ2) is 11.9. The van der Waals surface area contributed by atoms with Crippen LogP contribution in [-0.4, -0.2) is 43.0 Å². The van der Waals surface area contributed by atoms with Gasteiger partial charge in [0.25, 0.3) is 0 Å². The van der Waals surface area contributed by atoms with Crippen LogP contribution >= 0.6 is 24.0 Å². The molecule has 2 N–H and O–H groups in total. The third-order valence-electron chi connectivity index (χ3n) is 4.18. The molecule has 1 aromatic carbocycles. The van der Waals surface area contributed by atoms with Crippen LogP contribution in [0.5, 0.6) is 0 Å². The van der Waals surface area contributed by atoms with Crippen LogP contribution in [0.25, 0.3) is 0 Å². The number of rotatable bonds is 8. The van der Waals surface area contributed by atoms with E-state index < -0.39 is 0 Å². The number of aromatic nitrogens is 2. The average molecular weight is 471 g/mol. The highest BCUT2D eigenvalue weighted by Gasteiger charge is 2.12. The maximum Gasteiger partial charge on any atom is 0.191 e. The molecule has 6 nitrogen and oxygen atoms in total. The van der Waals surface area contributed by atoms with Gasteiger partial charge in [0.2, 0.25) is 0 Å². The van der Waals surface area contributed by atoms with Gasteiger partial charge in [0.15, 0.2) is 5.96 Å². The van der Waals surface area contributed by atoms with E-state index in [2.05, 4.69) is 58.4 Å². The predicted molar refractivity (Wildman–Crippen MR) is 117 cm³/mol. The topological polar surface area (TPSA) is 63.5 Å². The highest BCUT2D eigenvalue weighted by molar-refractivity contribution is 14.0. The van der Waals surface area contributed by atoms with Crippen LogP contribution in [0.15, 0.2) is 35.3 Å². The van der Waals surface area contributed by atoms with Crippen LogP contribution in [0.2, 0.25) is 0 Å². The Kier molecular flexibility index (Phi) is 10.3. The Morgan fingerprint density at radius 2 is 1.92 bits per heavy atom. The van der Waals surface area contributed by atoms with E-state index >= 15 is 0 Å². The predicted octanol–water partition coefficient (Wildman–Crippen LogP) is 2.87. The molecule has 0 saturated heterocycles. The smallest absolute Gasteiger partial charge is 0.191 e. The maximum atomic E-state index is 5.06. The van der Waals surface area contributed by atoms with Crippen molar-refractivity contribution in [2.75, 3.05) is 27.3 Å². The zero-order valence-electron chi connectivity index (χ0n) is 16.1. The summed E-state index contributed by atoms with van der Waals surface area (Å²) in [6, 6.07) is 10.4. The van der Waals surface area contributed by atoms with E-state index in [0.717, 1.165) is 37.8 Å². The fourth-order valence-electron chi connectivity index (χ4n) is 2.72. The molecule has 0 atom stereocenters. The van der Waals surface area contributed by atoms with Gasteiger partial charge in [-0.1, -0.05) is 30.3 Å². The molecule has 0 radical (unpaired) electrons. The minimum atomic E-state index is 0. The van der Waals surface area contributed by atoms with E-state index in [1.54, 1.807) is 14.2 Å². The highest BCUT2D eigenvalue weighted by atomic mass is 127. The lowest BCUT2D eigenvalue weighted by molar-refractivity contribution is 0.195. The first-order valence-electron chi connectivity index (χ1n) is 8.66. The molecule has 0 bridgehead atoms. The monoisotopic (exact) mass is 471 g/mol. The number of ether oxygens (including phenoxy) is 1. The largest absolute Gasteiger partial charge is 0.385 e. The molecule has 0 saturated carbocycles. The van der Waals surface area contributed by atoms with Crippen molar-refractivity contribution in [2.45, 2.75) is 33.4 Å². The molecule has 0 unspecified atom stereocenters. The SMILES string of the molecule is CN=C(NCCCOC)NCc1c(C)nn(Cc2ccccc2)c1C.I. The number of hydrogen-bond donors (Lipinski definition) is 2. The van der Waals surface area contributed by atoms with Crippen LogP contribution in [0.4, 0.5) is 0 Å². The van der Waals surface area contributed by atoms with Crippen LogP contribution < -0.4 is 10.6 Å². The number of guanidine groups is 1. The summed E-state index contributed by atoms with van der Waals surface area (Å²) in [5.74, 6) is 0.797. The molecular formula is C19H30IN5O. The molecule has 1 aromatic heterocycles. The summed E-state index contributed by atoms with van der Waals surface area (Å²) in [5.41, 5.74) is 4.71. The van der Waals surface area contributed by atoms with Gasteiger partial charge in [0, 0.05) is 45.1 Å². The summed E-state index contributed by atoms with van der Waals surface area (Å²) in [7, 11) is 3.50. The standard InChI is InChI=1S/C19H29N5O.HI/c1-15-18(13-22-19(20-3)21-11-8-12-25-4)16(2)24(23-15)14-17-9-6-5-7-10-17;/h5-7,9-10H,8,11-14H2,1-4H3,(H2,20,21,22);1H. The van der Waals surface area contributed by atoms with Crippen molar-refractivity contribution in [1.82, 2.24) is 20.4 Å². The van der Waals surface area contributed by atoms with E-state index in [9.17, 15) is 0 Å². The van der Waals surface area contributed by atoms with Crippen molar-refractivity contribution < 1.29 is 4.74 Å². The second-order valence-corrected chi connectivity index (χ2v) is 5.99. The minimum absolute atomic E-state index is 0. The fraction of sp³-hybridized carbons (Fsp3) is 0.474. The number of hydrogen-bond acceptors (Lipinski definition) is 3. The van der Waals surface area contributed by atoms with Crippen molar-refractivity contribution in [3.8, 4) is 0 Å². The molecule has 0 spiro atoms. The van der Waals surface area contributed by atoms with E-state index in [1.165, 1.54) is 16.8 Å². The van der Waals surface area contributed by atoms with Crippen LogP contribution in [-0.2, 0) is 17.8 Å². The number of methoxy groups -OCH3 is 1. The van der Waals surface area contributed by atoms with Gasteiger partial charge in [0.05, 0.1) is 12.2 Å². The summed E-state index contributed by atoms with van der Waals surface area (Å²) in [5, 5.41) is 11.4. The van der Waals surface area contributed by atoms with Gasteiger partial charge in [-0.25, -0.2) is 0 Å². The Morgan fingerprint density at radius 3 is 2.58 bits per heavy atom. The van der Waals surface area contributed by atoms with Gasteiger partial charge >= 0.3 is 0 Å². The Hall–Kier alpha value is -1.61. The first kappa shape index (κ1) is 22.4. The molecule has 1 heterocycles. The van der Waals surface area contributed by atoms with Crippen molar-refractivity contribution in [2.24, 2.45) is 4.99 Å². The van der Waals surface area contributed by atoms with Gasteiger partial charge in [-0.3, -0.25) is 9.67 Å². The van der Waals surface area contributed by atoms with Crippen molar-refractivity contribution in [3.63, 3.8) is 0 Å². The van der Waals surface area contributed by atoms with Crippen molar-refractivity contribution >= 4 is 29.9 Å². The van der Waals surface area contributed by atoms with Gasteiger partial charge in [-0.05, 0) is 25.8 Å². The van der Waals surface area contributed by atoms with Crippen LogP contribution in [0.1, 0.15) is 28.9 Å². The van der Waals surface area contributed by atoms with Gasteiger partial charge in [0.1, 0.15) is 0 Å². The molecule has 0 aliphatic rings. The lowest BCUT2D eigenvalue weighted by atomic mass is 10.2. The minimum Gasteiger partial charge on any atom is -0.385 e. The average Bonchev–Trinajstić information content (AvgIpc) is 2.89. The molecule has 0 aliphatic carbocycles. The zero-order chi connectivity index (χ0) is 18.1. The van der Waals surface area contributed by atoms with Gasteiger partial charge in [-0.15, -0.1) is 24.0 Å². The maximum absolute atomic E-state index is 5.06. The third-order valence-corrected chi connectivity index (χ3v) is 4.18. The molecule has 0 aliphatic heterocycles. The van der Waals surface area contributed by atoms with Gasteiger partial charge < -0.3 is 15.4 Å². The summed E-state index contributed by atoms with van der Waals surface area (Å²) < 4.78 is 7.12. The van der Waals surface area contributed by atoms with Crippen molar-refractivity contribution in [1.29, 1.82) is 0 Å². The Morgan fingerprint density at radius 1 is 1.19 bits per heavy atom. The summed E-state index contributed by atoms with van der Waals surface area (Å²) in [6.07, 6.45) is 0.949. The van der Waals surface area contributed by atoms with Crippen molar-refractivity contribution in [3.05, 3.63) is 52.8 Å². The second-order valence-electron chi connectivity index (χ2n) is 5.99. The number of halogens is 1. The molecule has 0 fully saturated rings. The number of aliphatic imine (C=N–C) groups is 1. The number of nitrogens with one attached hydrogen (secondary N) is 2. The normalized spacial score (nSPS) is 11.2. The molecule has 26 heavy (non-hydrogen) atoms. The lowest BCUT2D eigenvalue weighted by Gasteiger charge is -2.12. The van der Waals surface area contributed by atoms with E-state index in [1.807, 2.05) is 6.07 Å². The quantitative estimate of drug-likeness (QED) is 0.269. The highest BCUT2D eigenvalue weighted by Crippen LogP contribution is 2.14. The molecule has 0 amide bonds. The Labute approximate surface area is 173 Å². The van der Waals surface area contributed by atoms with E-state index in [0.29, 0.717) is 6.54 Å².